The minimum atomic E-state index is -4.65. The molecule has 0 bridgehead atoms. The Labute approximate surface area is 151 Å². The van der Waals surface area contributed by atoms with E-state index in [1.165, 1.54) is 0 Å². The molecule has 0 aliphatic carbocycles. The van der Waals surface area contributed by atoms with E-state index in [9.17, 15) is 26.4 Å². The third-order valence-corrected chi connectivity index (χ3v) is 7.03. The molecule has 138 valence electrons. The van der Waals surface area contributed by atoms with Crippen LogP contribution in [0.1, 0.15) is 24.8 Å². The number of carbonyl (C=O) groups is 1. The van der Waals surface area contributed by atoms with Gasteiger partial charge in [-0.25, -0.2) is 8.42 Å². The number of benzene rings is 1. The average Bonchev–Trinajstić information content (AvgIpc) is 2.86. The SMILES string of the molecule is O=C1NCCC12CCCN(S(=O)(=O)c1cc(Br)cc(C(F)(F)F)c1)C2. The maximum absolute atomic E-state index is 13.0. The van der Waals surface area contributed by atoms with E-state index in [1.54, 1.807) is 0 Å². The first-order chi connectivity index (χ1) is 11.5. The predicted molar refractivity (Wildman–Crippen MR) is 87.2 cm³/mol. The zero-order valence-corrected chi connectivity index (χ0v) is 15.5. The number of sulfonamides is 1. The Kier molecular flexibility index (Phi) is 4.66. The summed E-state index contributed by atoms with van der Waals surface area (Å²) in [5.41, 5.74) is -1.81. The smallest absolute Gasteiger partial charge is 0.356 e. The highest BCUT2D eigenvalue weighted by atomic mass is 79.9. The lowest BCUT2D eigenvalue weighted by atomic mass is 9.79. The summed E-state index contributed by atoms with van der Waals surface area (Å²) in [6, 6.07) is 2.62. The first kappa shape index (κ1) is 18.7. The van der Waals surface area contributed by atoms with Crippen LogP contribution in [0.5, 0.6) is 0 Å². The van der Waals surface area contributed by atoms with Crippen LogP contribution in [-0.2, 0) is 21.0 Å². The molecular formula is C15H16BrF3N2O3S. The van der Waals surface area contributed by atoms with Crippen molar-refractivity contribution < 1.29 is 26.4 Å². The standard InChI is InChI=1S/C15H16BrF3N2O3S/c16-11-6-10(15(17,18)19)7-12(8-11)25(23,24)21-5-1-2-14(9-21)3-4-20-13(14)22/h6-8H,1-5,9H2,(H,20,22). The van der Waals surface area contributed by atoms with Crippen LogP contribution >= 0.6 is 15.9 Å². The van der Waals surface area contributed by atoms with Crippen molar-refractivity contribution in [1.29, 1.82) is 0 Å². The van der Waals surface area contributed by atoms with Crippen molar-refractivity contribution >= 4 is 31.9 Å². The summed E-state index contributed by atoms with van der Waals surface area (Å²) in [7, 11) is -4.13. The monoisotopic (exact) mass is 440 g/mol. The Hall–Kier alpha value is -1.13. The molecule has 1 N–H and O–H groups in total. The first-order valence-electron chi connectivity index (χ1n) is 7.71. The highest BCUT2D eigenvalue weighted by Gasteiger charge is 2.48. The number of rotatable bonds is 2. The van der Waals surface area contributed by atoms with Gasteiger partial charge in [0.05, 0.1) is 15.9 Å². The van der Waals surface area contributed by atoms with Gasteiger partial charge in [0.25, 0.3) is 0 Å². The molecule has 2 aliphatic rings. The third-order valence-electron chi connectivity index (χ3n) is 4.75. The Morgan fingerprint density at radius 2 is 1.92 bits per heavy atom. The number of hydrogen-bond acceptors (Lipinski definition) is 3. The second-order valence-electron chi connectivity index (χ2n) is 6.40. The van der Waals surface area contributed by atoms with Gasteiger partial charge in [-0.1, -0.05) is 15.9 Å². The molecule has 10 heteroatoms. The van der Waals surface area contributed by atoms with E-state index in [0.717, 1.165) is 16.4 Å². The fourth-order valence-corrected chi connectivity index (χ4v) is 5.71. The summed E-state index contributed by atoms with van der Waals surface area (Å²) in [4.78, 5) is 11.7. The van der Waals surface area contributed by atoms with E-state index in [1.807, 2.05) is 0 Å². The number of halogens is 4. The Morgan fingerprint density at radius 1 is 1.20 bits per heavy atom. The van der Waals surface area contributed by atoms with Crippen LogP contribution in [0.4, 0.5) is 13.2 Å². The van der Waals surface area contributed by atoms with Crippen LogP contribution in [-0.4, -0.2) is 38.3 Å². The van der Waals surface area contributed by atoms with Crippen LogP contribution in [0.3, 0.4) is 0 Å². The maximum atomic E-state index is 13.0. The second kappa shape index (κ2) is 6.24. The first-order valence-corrected chi connectivity index (χ1v) is 9.94. The minimum absolute atomic E-state index is 0.00493. The summed E-state index contributed by atoms with van der Waals surface area (Å²) in [6.07, 6.45) is -3.05. The molecule has 5 nitrogen and oxygen atoms in total. The van der Waals surface area contributed by atoms with Crippen molar-refractivity contribution in [2.24, 2.45) is 5.41 Å². The molecule has 0 saturated carbocycles. The van der Waals surface area contributed by atoms with E-state index in [4.69, 9.17) is 0 Å². The number of carbonyl (C=O) groups excluding carboxylic acids is 1. The summed E-state index contributed by atoms with van der Waals surface area (Å²) in [6.45, 7) is 0.669. The quantitative estimate of drug-likeness (QED) is 0.768. The topological polar surface area (TPSA) is 66.5 Å². The minimum Gasteiger partial charge on any atom is -0.356 e. The molecule has 1 aromatic carbocycles. The van der Waals surface area contributed by atoms with Crippen molar-refractivity contribution in [3.05, 3.63) is 28.2 Å². The molecule has 2 fully saturated rings. The molecule has 0 aromatic heterocycles. The molecule has 3 rings (SSSR count). The zero-order chi connectivity index (χ0) is 18.5. The van der Waals surface area contributed by atoms with Gasteiger partial charge in [-0.15, -0.1) is 0 Å². The van der Waals surface area contributed by atoms with Gasteiger partial charge >= 0.3 is 6.18 Å². The predicted octanol–water partition coefficient (Wildman–Crippen LogP) is 2.76. The molecule has 0 radical (unpaired) electrons. The number of alkyl halides is 3. The van der Waals surface area contributed by atoms with Crippen molar-refractivity contribution in [1.82, 2.24) is 9.62 Å². The fraction of sp³-hybridized carbons (Fsp3) is 0.533. The molecule has 25 heavy (non-hydrogen) atoms. The molecule has 1 aromatic rings. The van der Waals surface area contributed by atoms with E-state index in [0.29, 0.717) is 31.9 Å². The van der Waals surface area contributed by atoms with Gasteiger partial charge in [-0.3, -0.25) is 4.79 Å². The van der Waals surface area contributed by atoms with Gasteiger partial charge in [-0.05, 0) is 37.5 Å². The fourth-order valence-electron chi connectivity index (χ4n) is 3.42. The summed E-state index contributed by atoms with van der Waals surface area (Å²) in [5.74, 6) is -0.183. The molecule has 2 heterocycles. The van der Waals surface area contributed by atoms with Gasteiger partial charge in [-0.2, -0.15) is 17.5 Å². The number of nitrogens with zero attached hydrogens (tertiary/aromatic N) is 1. The van der Waals surface area contributed by atoms with Crippen LogP contribution in [0.15, 0.2) is 27.6 Å². The van der Waals surface area contributed by atoms with Crippen LogP contribution < -0.4 is 5.32 Å². The lowest BCUT2D eigenvalue weighted by Gasteiger charge is -2.37. The van der Waals surface area contributed by atoms with Gasteiger partial charge in [0.2, 0.25) is 15.9 Å². The normalized spacial score (nSPS) is 25.4. The van der Waals surface area contributed by atoms with Crippen molar-refractivity contribution in [2.75, 3.05) is 19.6 Å². The lowest BCUT2D eigenvalue weighted by Crippen LogP contribution is -2.49. The summed E-state index contributed by atoms with van der Waals surface area (Å²) in [5, 5.41) is 2.71. The maximum Gasteiger partial charge on any atom is 0.416 e. The van der Waals surface area contributed by atoms with Crippen molar-refractivity contribution in [3.8, 4) is 0 Å². The molecule has 2 saturated heterocycles. The highest BCUT2D eigenvalue weighted by molar-refractivity contribution is 9.10. The Balaban J connectivity index is 1.97. The highest BCUT2D eigenvalue weighted by Crippen LogP contribution is 2.39. The molecule has 1 atom stereocenters. The lowest BCUT2D eigenvalue weighted by molar-refractivity contribution is -0.137. The number of hydrogen-bond donors (Lipinski definition) is 1. The number of piperidine rings is 1. The Morgan fingerprint density at radius 3 is 2.52 bits per heavy atom. The second-order valence-corrected chi connectivity index (χ2v) is 9.26. The van der Waals surface area contributed by atoms with Gasteiger partial charge < -0.3 is 5.32 Å². The van der Waals surface area contributed by atoms with E-state index < -0.39 is 32.1 Å². The zero-order valence-electron chi connectivity index (χ0n) is 13.1. The van der Waals surface area contributed by atoms with E-state index >= 15 is 0 Å². The molecule has 2 aliphatic heterocycles. The molecule has 1 unspecified atom stereocenters. The van der Waals surface area contributed by atoms with Crippen molar-refractivity contribution in [3.63, 3.8) is 0 Å². The van der Waals surface area contributed by atoms with Crippen LogP contribution in [0.25, 0.3) is 0 Å². The molecule has 1 spiro atoms. The van der Waals surface area contributed by atoms with Gasteiger partial charge in [0.15, 0.2) is 0 Å². The van der Waals surface area contributed by atoms with Crippen LogP contribution in [0.2, 0.25) is 0 Å². The average molecular weight is 441 g/mol. The largest absolute Gasteiger partial charge is 0.416 e. The number of amides is 1. The van der Waals surface area contributed by atoms with E-state index in [-0.39, 0.29) is 23.5 Å². The van der Waals surface area contributed by atoms with Gasteiger partial charge in [0.1, 0.15) is 0 Å². The van der Waals surface area contributed by atoms with E-state index in [2.05, 4.69) is 21.2 Å². The Bertz CT molecular complexity index is 813. The summed E-state index contributed by atoms with van der Waals surface area (Å²) >= 11 is 2.94. The summed E-state index contributed by atoms with van der Waals surface area (Å²) < 4.78 is 65.9. The molecular weight excluding hydrogens is 425 g/mol. The van der Waals surface area contributed by atoms with Crippen molar-refractivity contribution in [2.45, 2.75) is 30.3 Å². The van der Waals surface area contributed by atoms with Gasteiger partial charge in [0, 0.05) is 24.1 Å². The third kappa shape index (κ3) is 3.43. The van der Waals surface area contributed by atoms with Crippen LogP contribution in [0, 0.1) is 5.41 Å². The molecule has 1 amide bonds. The number of nitrogens with one attached hydrogen (secondary N) is 1.